The summed E-state index contributed by atoms with van der Waals surface area (Å²) in [5, 5.41) is 37.4. The standard InChI is InChI=1S/C21H20N10O2S/c1-14-19(31(32)33)15(2)30(25-14)13-29-10-8-17(26-29)20-23-24-21(34-20)22-18-9-11-28(27-18)12-16-6-4-3-5-7-16/h3-11H,12-13H2,1-2H3,(H,22,24,27). The van der Waals surface area contributed by atoms with Crippen molar-refractivity contribution in [1.29, 1.82) is 0 Å². The number of nitro groups is 1. The molecule has 0 amide bonds. The molecule has 0 aliphatic rings. The minimum Gasteiger partial charge on any atom is -0.313 e. The third kappa shape index (κ3) is 4.41. The number of nitrogens with one attached hydrogen (secondary N) is 1. The summed E-state index contributed by atoms with van der Waals surface area (Å²) in [5.74, 6) is 0.676. The Hall–Kier alpha value is -4.39. The predicted octanol–water partition coefficient (Wildman–Crippen LogP) is 3.62. The van der Waals surface area contributed by atoms with Gasteiger partial charge in [-0.25, -0.2) is 4.68 Å². The van der Waals surface area contributed by atoms with Crippen molar-refractivity contribution in [2.45, 2.75) is 27.1 Å². The largest absolute Gasteiger partial charge is 0.313 e. The lowest BCUT2D eigenvalue weighted by atomic mass is 10.2. The molecule has 1 N–H and O–H groups in total. The van der Waals surface area contributed by atoms with Gasteiger partial charge in [-0.3, -0.25) is 19.5 Å². The minimum atomic E-state index is -0.414. The maximum absolute atomic E-state index is 11.2. The zero-order valence-corrected chi connectivity index (χ0v) is 19.2. The number of anilines is 2. The first kappa shape index (κ1) is 21.5. The van der Waals surface area contributed by atoms with Crippen LogP contribution in [-0.4, -0.2) is 44.5 Å². The molecule has 0 radical (unpaired) electrons. The lowest BCUT2D eigenvalue weighted by Gasteiger charge is -2.03. The third-order valence-corrected chi connectivity index (χ3v) is 6.01. The van der Waals surface area contributed by atoms with E-state index in [1.165, 1.54) is 16.9 Å². The number of benzene rings is 1. The topological polar surface area (TPSA) is 134 Å². The first-order valence-corrected chi connectivity index (χ1v) is 11.2. The molecule has 172 valence electrons. The molecule has 5 rings (SSSR count). The Labute approximate surface area is 197 Å². The highest BCUT2D eigenvalue weighted by Gasteiger charge is 2.22. The summed E-state index contributed by atoms with van der Waals surface area (Å²) in [4.78, 5) is 10.8. The Bertz CT molecular complexity index is 1450. The van der Waals surface area contributed by atoms with Crippen LogP contribution >= 0.6 is 11.3 Å². The summed E-state index contributed by atoms with van der Waals surface area (Å²) in [6.07, 6.45) is 3.68. The van der Waals surface area contributed by atoms with Crippen molar-refractivity contribution in [3.8, 4) is 10.7 Å². The average Bonchev–Trinajstić information content (AvgIpc) is 3.59. The Morgan fingerprint density at radius 3 is 2.56 bits per heavy atom. The maximum Gasteiger partial charge on any atom is 0.312 e. The van der Waals surface area contributed by atoms with Crippen molar-refractivity contribution < 1.29 is 4.92 Å². The van der Waals surface area contributed by atoms with E-state index in [4.69, 9.17) is 0 Å². The molecule has 4 aromatic heterocycles. The van der Waals surface area contributed by atoms with Gasteiger partial charge in [0.25, 0.3) is 0 Å². The molecule has 0 bridgehead atoms. The Kier molecular flexibility index (Phi) is 5.59. The lowest BCUT2D eigenvalue weighted by Crippen LogP contribution is -2.11. The van der Waals surface area contributed by atoms with Gasteiger partial charge in [0.2, 0.25) is 5.13 Å². The van der Waals surface area contributed by atoms with Crippen molar-refractivity contribution >= 4 is 28.0 Å². The van der Waals surface area contributed by atoms with E-state index in [9.17, 15) is 10.1 Å². The van der Waals surface area contributed by atoms with Crippen LogP contribution in [0.4, 0.5) is 16.6 Å². The second kappa shape index (κ2) is 8.86. The van der Waals surface area contributed by atoms with Crippen molar-refractivity contribution in [3.05, 3.63) is 81.9 Å². The van der Waals surface area contributed by atoms with Gasteiger partial charge in [0.05, 0.1) is 11.5 Å². The van der Waals surface area contributed by atoms with Gasteiger partial charge < -0.3 is 5.32 Å². The van der Waals surface area contributed by atoms with Gasteiger partial charge in [0, 0.05) is 18.5 Å². The number of hydrogen-bond donors (Lipinski definition) is 1. The number of hydrogen-bond acceptors (Lipinski definition) is 9. The fraction of sp³-hybridized carbons (Fsp3) is 0.190. The van der Waals surface area contributed by atoms with Gasteiger partial charge in [0.15, 0.2) is 10.8 Å². The molecule has 0 aliphatic heterocycles. The van der Waals surface area contributed by atoms with Crippen LogP contribution in [0, 0.1) is 24.0 Å². The fourth-order valence-electron chi connectivity index (χ4n) is 3.55. The average molecular weight is 477 g/mol. The highest BCUT2D eigenvalue weighted by molar-refractivity contribution is 7.18. The molecular formula is C21H20N10O2S. The van der Waals surface area contributed by atoms with E-state index in [1.807, 2.05) is 41.2 Å². The van der Waals surface area contributed by atoms with Crippen molar-refractivity contribution in [2.75, 3.05) is 5.32 Å². The van der Waals surface area contributed by atoms with Gasteiger partial charge in [-0.05, 0) is 25.5 Å². The number of aromatic nitrogens is 8. The normalized spacial score (nSPS) is 11.1. The molecule has 0 atom stereocenters. The molecule has 1 aromatic carbocycles. The molecule has 12 nitrogen and oxygen atoms in total. The number of rotatable bonds is 8. The number of nitrogens with zero attached hydrogens (tertiary/aromatic N) is 9. The van der Waals surface area contributed by atoms with Crippen LogP contribution in [0.25, 0.3) is 10.7 Å². The zero-order chi connectivity index (χ0) is 23.7. The van der Waals surface area contributed by atoms with E-state index < -0.39 is 4.92 Å². The van der Waals surface area contributed by atoms with Crippen LogP contribution in [0.15, 0.2) is 54.9 Å². The zero-order valence-electron chi connectivity index (χ0n) is 18.4. The molecule has 4 heterocycles. The molecule has 0 spiro atoms. The lowest BCUT2D eigenvalue weighted by molar-refractivity contribution is -0.386. The van der Waals surface area contributed by atoms with Crippen molar-refractivity contribution in [2.24, 2.45) is 0 Å². The molecule has 13 heteroatoms. The first-order valence-electron chi connectivity index (χ1n) is 10.4. The number of aryl methyl sites for hydroxylation is 1. The Morgan fingerprint density at radius 2 is 1.79 bits per heavy atom. The molecule has 0 saturated carbocycles. The first-order chi connectivity index (χ1) is 16.5. The fourth-order valence-corrected chi connectivity index (χ4v) is 4.27. The van der Waals surface area contributed by atoms with E-state index >= 15 is 0 Å². The highest BCUT2D eigenvalue weighted by Crippen LogP contribution is 2.27. The van der Waals surface area contributed by atoms with Crippen molar-refractivity contribution in [1.82, 2.24) is 39.5 Å². The Morgan fingerprint density at radius 1 is 1.00 bits per heavy atom. The molecule has 0 unspecified atom stereocenters. The van der Waals surface area contributed by atoms with Crippen LogP contribution in [-0.2, 0) is 13.2 Å². The van der Waals surface area contributed by atoms with Gasteiger partial charge in [0.1, 0.15) is 23.8 Å². The Balaban J connectivity index is 1.25. The summed E-state index contributed by atoms with van der Waals surface area (Å²) in [6, 6.07) is 13.8. The second-order valence-electron chi connectivity index (χ2n) is 7.58. The molecule has 0 fully saturated rings. The highest BCUT2D eigenvalue weighted by atomic mass is 32.1. The SMILES string of the molecule is Cc1nn(Cn2ccc(-c3nnc(Nc4ccn(Cc5ccccc5)n4)s3)n2)c(C)c1[N+](=O)[O-]. The minimum absolute atomic E-state index is 0.0263. The van der Waals surface area contributed by atoms with Crippen LogP contribution in [0.2, 0.25) is 0 Å². The summed E-state index contributed by atoms with van der Waals surface area (Å²) >= 11 is 1.36. The summed E-state index contributed by atoms with van der Waals surface area (Å²) < 4.78 is 5.06. The second-order valence-corrected chi connectivity index (χ2v) is 8.56. The molecular weight excluding hydrogens is 456 g/mol. The van der Waals surface area contributed by atoms with Gasteiger partial charge in [-0.15, -0.1) is 10.2 Å². The molecule has 0 saturated heterocycles. The van der Waals surface area contributed by atoms with Crippen molar-refractivity contribution in [3.63, 3.8) is 0 Å². The van der Waals surface area contributed by atoms with E-state index in [-0.39, 0.29) is 12.4 Å². The summed E-state index contributed by atoms with van der Waals surface area (Å²) in [6.45, 7) is 4.23. The van der Waals surface area contributed by atoms with E-state index in [0.717, 1.165) is 0 Å². The van der Waals surface area contributed by atoms with Crippen LogP contribution in [0.3, 0.4) is 0 Å². The van der Waals surface area contributed by atoms with E-state index in [2.05, 4.69) is 42.9 Å². The van der Waals surface area contributed by atoms with Crippen LogP contribution < -0.4 is 5.32 Å². The predicted molar refractivity (Wildman–Crippen MR) is 126 cm³/mol. The summed E-state index contributed by atoms with van der Waals surface area (Å²) in [5.41, 5.74) is 2.70. The van der Waals surface area contributed by atoms with Gasteiger partial charge >= 0.3 is 5.69 Å². The van der Waals surface area contributed by atoms with Crippen LogP contribution in [0.1, 0.15) is 17.0 Å². The van der Waals surface area contributed by atoms with Crippen LogP contribution in [0.5, 0.6) is 0 Å². The van der Waals surface area contributed by atoms with Gasteiger partial charge in [-0.1, -0.05) is 41.7 Å². The summed E-state index contributed by atoms with van der Waals surface area (Å²) in [7, 11) is 0. The maximum atomic E-state index is 11.2. The molecule has 34 heavy (non-hydrogen) atoms. The van der Waals surface area contributed by atoms with E-state index in [0.29, 0.717) is 39.6 Å². The smallest absolute Gasteiger partial charge is 0.312 e. The molecule has 5 aromatic rings. The molecule has 0 aliphatic carbocycles. The monoisotopic (exact) mass is 476 g/mol. The third-order valence-electron chi connectivity index (χ3n) is 5.15. The quantitative estimate of drug-likeness (QED) is 0.265. The van der Waals surface area contributed by atoms with E-state index in [1.54, 1.807) is 29.4 Å². The van der Waals surface area contributed by atoms with Gasteiger partial charge in [-0.2, -0.15) is 15.3 Å².